The Morgan fingerprint density at radius 3 is 2.62 bits per heavy atom. The largest absolute Gasteiger partial charge is 0.434 e. The van der Waals surface area contributed by atoms with Gasteiger partial charge in [-0.05, 0) is 40.8 Å². The van der Waals surface area contributed by atoms with E-state index in [1.165, 1.54) is 6.07 Å². The van der Waals surface area contributed by atoms with Gasteiger partial charge in [0.25, 0.3) is 0 Å². The lowest BCUT2D eigenvalue weighted by Gasteiger charge is -2.07. The minimum atomic E-state index is -2.80. The van der Waals surface area contributed by atoms with Gasteiger partial charge in [-0.1, -0.05) is 0 Å². The van der Waals surface area contributed by atoms with E-state index in [1.54, 1.807) is 12.1 Å². The van der Waals surface area contributed by atoms with Crippen molar-refractivity contribution in [2.24, 2.45) is 5.84 Å². The van der Waals surface area contributed by atoms with Crippen molar-refractivity contribution >= 4 is 28.3 Å². The molecule has 0 fully saturated rings. The molecule has 0 spiro atoms. The van der Waals surface area contributed by atoms with Crippen LogP contribution in [-0.4, -0.2) is 6.61 Å². The summed E-state index contributed by atoms with van der Waals surface area (Å²) in [6, 6.07) is 4.60. The Bertz CT molecular complexity index is 296. The number of rotatable bonds is 3. The maximum absolute atomic E-state index is 11.8. The number of anilines is 1. The van der Waals surface area contributed by atoms with Crippen LogP contribution in [0.25, 0.3) is 0 Å². The van der Waals surface area contributed by atoms with Crippen LogP contribution in [0.15, 0.2) is 18.2 Å². The fourth-order valence-electron chi connectivity index (χ4n) is 0.782. The molecule has 72 valence electrons. The Morgan fingerprint density at radius 2 is 2.15 bits per heavy atom. The molecule has 6 heteroatoms. The molecule has 0 unspecified atom stereocenters. The summed E-state index contributed by atoms with van der Waals surface area (Å²) < 4.78 is 28.4. The van der Waals surface area contributed by atoms with Gasteiger partial charge in [-0.3, -0.25) is 5.84 Å². The van der Waals surface area contributed by atoms with Crippen molar-refractivity contribution in [1.29, 1.82) is 0 Å². The number of halogens is 3. The topological polar surface area (TPSA) is 47.3 Å². The molecule has 0 aliphatic heterocycles. The number of nitrogen functional groups attached to an aromatic ring is 1. The zero-order valence-corrected chi connectivity index (χ0v) is 8.59. The first kappa shape index (κ1) is 10.5. The molecule has 0 bridgehead atoms. The third kappa shape index (κ3) is 2.96. The molecular formula is C7H7F2IN2O. The van der Waals surface area contributed by atoms with E-state index in [4.69, 9.17) is 5.84 Å². The molecule has 0 aromatic heterocycles. The van der Waals surface area contributed by atoms with Crippen LogP contribution < -0.4 is 16.0 Å². The van der Waals surface area contributed by atoms with Gasteiger partial charge < -0.3 is 10.2 Å². The first-order chi connectivity index (χ1) is 6.13. The molecule has 0 radical (unpaired) electrons. The fourth-order valence-corrected chi connectivity index (χ4v) is 1.42. The molecular weight excluding hydrogens is 293 g/mol. The molecule has 3 nitrogen and oxygen atoms in total. The van der Waals surface area contributed by atoms with Crippen LogP contribution in [0.1, 0.15) is 0 Å². The SMILES string of the molecule is NNc1ccc(OC(F)F)c(I)c1. The highest BCUT2D eigenvalue weighted by atomic mass is 127. The third-order valence-electron chi connectivity index (χ3n) is 1.31. The van der Waals surface area contributed by atoms with Crippen LogP contribution in [0.4, 0.5) is 14.5 Å². The monoisotopic (exact) mass is 300 g/mol. The standard InChI is InChI=1S/C7H7F2IN2O/c8-7(9)13-6-2-1-4(12-11)3-5(6)10/h1-3,7,12H,11H2. The number of hydrogen-bond donors (Lipinski definition) is 2. The van der Waals surface area contributed by atoms with Crippen molar-refractivity contribution in [2.75, 3.05) is 5.43 Å². The van der Waals surface area contributed by atoms with Gasteiger partial charge in [-0.25, -0.2) is 0 Å². The highest BCUT2D eigenvalue weighted by Crippen LogP contribution is 2.25. The summed E-state index contributed by atoms with van der Waals surface area (Å²) in [5.41, 5.74) is 3.04. The summed E-state index contributed by atoms with van der Waals surface area (Å²) in [5.74, 6) is 5.28. The predicted octanol–water partition coefficient (Wildman–Crippen LogP) is 2.18. The zero-order valence-electron chi connectivity index (χ0n) is 6.43. The molecule has 1 rings (SSSR count). The summed E-state index contributed by atoms with van der Waals surface area (Å²) in [6.07, 6.45) is 0. The molecule has 0 amide bonds. The Labute approximate surface area is 87.4 Å². The lowest BCUT2D eigenvalue weighted by atomic mass is 10.3. The van der Waals surface area contributed by atoms with Crippen LogP contribution in [-0.2, 0) is 0 Å². The molecule has 0 saturated carbocycles. The predicted molar refractivity (Wildman–Crippen MR) is 53.6 cm³/mol. The van der Waals surface area contributed by atoms with Gasteiger partial charge in [0.05, 0.1) is 3.57 Å². The number of benzene rings is 1. The van der Waals surface area contributed by atoms with Gasteiger partial charge in [0, 0.05) is 5.69 Å². The van der Waals surface area contributed by atoms with Crippen molar-refractivity contribution in [3.05, 3.63) is 21.8 Å². The molecule has 0 atom stereocenters. The van der Waals surface area contributed by atoms with Crippen LogP contribution in [0.2, 0.25) is 0 Å². The minimum Gasteiger partial charge on any atom is -0.434 e. The molecule has 0 aliphatic carbocycles. The number of hydrogen-bond acceptors (Lipinski definition) is 3. The van der Waals surface area contributed by atoms with Gasteiger partial charge in [-0.15, -0.1) is 0 Å². The smallest absolute Gasteiger partial charge is 0.387 e. The molecule has 1 aromatic carbocycles. The van der Waals surface area contributed by atoms with Crippen molar-refractivity contribution in [1.82, 2.24) is 0 Å². The van der Waals surface area contributed by atoms with Crippen molar-refractivity contribution in [2.45, 2.75) is 6.61 Å². The summed E-state index contributed by atoms with van der Waals surface area (Å²) >= 11 is 1.89. The van der Waals surface area contributed by atoms with E-state index < -0.39 is 6.61 Å². The Hall–Kier alpha value is -0.630. The minimum absolute atomic E-state index is 0.148. The van der Waals surface area contributed by atoms with Gasteiger partial charge in [0.2, 0.25) is 0 Å². The van der Waals surface area contributed by atoms with Gasteiger partial charge in [-0.2, -0.15) is 8.78 Å². The van der Waals surface area contributed by atoms with E-state index in [-0.39, 0.29) is 5.75 Å². The van der Waals surface area contributed by atoms with Gasteiger partial charge in [0.1, 0.15) is 5.75 Å². The molecule has 0 saturated heterocycles. The van der Waals surface area contributed by atoms with Crippen molar-refractivity contribution < 1.29 is 13.5 Å². The van der Waals surface area contributed by atoms with E-state index in [0.717, 1.165) is 0 Å². The first-order valence-corrected chi connectivity index (χ1v) is 4.42. The third-order valence-corrected chi connectivity index (χ3v) is 2.16. The van der Waals surface area contributed by atoms with Gasteiger partial charge >= 0.3 is 6.61 Å². The van der Waals surface area contributed by atoms with Crippen molar-refractivity contribution in [3.8, 4) is 5.75 Å². The van der Waals surface area contributed by atoms with E-state index in [0.29, 0.717) is 9.26 Å². The van der Waals surface area contributed by atoms with E-state index in [1.807, 2.05) is 22.6 Å². The Morgan fingerprint density at radius 1 is 1.46 bits per heavy atom. The summed E-state index contributed by atoms with van der Waals surface area (Å²) in [4.78, 5) is 0. The second kappa shape index (κ2) is 4.56. The second-order valence-corrected chi connectivity index (χ2v) is 3.33. The first-order valence-electron chi connectivity index (χ1n) is 3.34. The maximum Gasteiger partial charge on any atom is 0.387 e. The van der Waals surface area contributed by atoms with Crippen LogP contribution >= 0.6 is 22.6 Å². The molecule has 13 heavy (non-hydrogen) atoms. The lowest BCUT2D eigenvalue weighted by Crippen LogP contribution is -2.08. The number of hydrazine groups is 1. The molecule has 3 N–H and O–H groups in total. The van der Waals surface area contributed by atoms with E-state index in [2.05, 4.69) is 10.2 Å². The Balaban J connectivity index is 2.85. The average Bonchev–Trinajstić information content (AvgIpc) is 2.08. The summed E-state index contributed by atoms with van der Waals surface area (Å²) in [5, 5.41) is 0. The summed E-state index contributed by atoms with van der Waals surface area (Å²) in [7, 11) is 0. The average molecular weight is 300 g/mol. The Kier molecular flexibility index (Phi) is 3.67. The fraction of sp³-hybridized carbons (Fsp3) is 0.143. The van der Waals surface area contributed by atoms with Crippen LogP contribution in [0, 0.1) is 3.57 Å². The number of alkyl halides is 2. The normalized spacial score (nSPS) is 10.2. The van der Waals surface area contributed by atoms with E-state index >= 15 is 0 Å². The quantitative estimate of drug-likeness (QED) is 0.511. The van der Waals surface area contributed by atoms with Crippen LogP contribution in [0.5, 0.6) is 5.75 Å². The number of nitrogens with two attached hydrogens (primary N) is 1. The molecule has 0 aliphatic rings. The van der Waals surface area contributed by atoms with E-state index in [9.17, 15) is 8.78 Å². The highest BCUT2D eigenvalue weighted by molar-refractivity contribution is 14.1. The molecule has 1 aromatic rings. The van der Waals surface area contributed by atoms with Crippen molar-refractivity contribution in [3.63, 3.8) is 0 Å². The maximum atomic E-state index is 11.8. The lowest BCUT2D eigenvalue weighted by molar-refractivity contribution is -0.0504. The number of ether oxygens (including phenoxy) is 1. The van der Waals surface area contributed by atoms with Gasteiger partial charge in [0.15, 0.2) is 0 Å². The summed E-state index contributed by atoms with van der Waals surface area (Å²) in [6.45, 7) is -2.80. The van der Waals surface area contributed by atoms with Crippen LogP contribution in [0.3, 0.4) is 0 Å². The second-order valence-electron chi connectivity index (χ2n) is 2.17. The zero-order chi connectivity index (χ0) is 9.84. The highest BCUT2D eigenvalue weighted by Gasteiger charge is 2.07. The molecule has 0 heterocycles. The number of nitrogens with one attached hydrogen (secondary N) is 1.